The Balaban J connectivity index is 1.33. The Bertz CT molecular complexity index is 3980. The van der Waals surface area contributed by atoms with E-state index in [1.165, 1.54) is 6.07 Å². The topological polar surface area (TPSA) is 16.4 Å². The molecule has 0 amide bonds. The van der Waals surface area contributed by atoms with Gasteiger partial charge < -0.3 is 9.32 Å². The molecule has 2 heteroatoms. The number of hydrogen-bond donors (Lipinski definition) is 0. The maximum atomic E-state index is 9.73. The molecular weight excluding hydrogens is 631 g/mol. The van der Waals surface area contributed by atoms with Gasteiger partial charge in [0, 0.05) is 38.7 Å². The highest BCUT2D eigenvalue weighted by molar-refractivity contribution is 6.17. The molecule has 244 valence electrons. The van der Waals surface area contributed by atoms with Crippen LogP contribution in [0.1, 0.15) is 27.4 Å². The molecule has 52 heavy (non-hydrogen) atoms. The largest absolute Gasteiger partial charge is 0.455 e. The fourth-order valence-corrected chi connectivity index (χ4v) is 6.45. The number of benzene rings is 9. The maximum absolute atomic E-state index is 9.73. The molecule has 0 aliphatic rings. The Morgan fingerprint density at radius 2 is 1.00 bits per heavy atom. The predicted molar refractivity (Wildman–Crippen MR) is 220 cm³/mol. The summed E-state index contributed by atoms with van der Waals surface area (Å²) in [6.45, 7) is 0. The first-order valence-electron chi connectivity index (χ1n) is 26.1. The Morgan fingerprint density at radius 1 is 0.365 bits per heavy atom. The Labute approximate surface area is 330 Å². The van der Waals surface area contributed by atoms with E-state index in [-0.39, 0.29) is 11.3 Å². The molecule has 1 aromatic heterocycles. The zero-order valence-electron chi connectivity index (χ0n) is 46.9. The first kappa shape index (κ1) is 16.0. The summed E-state index contributed by atoms with van der Waals surface area (Å²) in [4.78, 5) is 0.998. The molecule has 1 heterocycles. The second-order valence-electron chi connectivity index (χ2n) is 11.7. The number of rotatable bonds is 6. The van der Waals surface area contributed by atoms with Crippen molar-refractivity contribution in [3.63, 3.8) is 0 Å². The summed E-state index contributed by atoms with van der Waals surface area (Å²) in [6.07, 6.45) is 0. The summed E-state index contributed by atoms with van der Waals surface area (Å²) in [5, 5.41) is 2.16. The minimum Gasteiger partial charge on any atom is -0.455 e. The van der Waals surface area contributed by atoms with Crippen LogP contribution < -0.4 is 4.90 Å². The molecule has 10 aromatic rings. The van der Waals surface area contributed by atoms with Crippen LogP contribution in [0.3, 0.4) is 0 Å². The second kappa shape index (κ2) is 12.5. The molecule has 0 unspecified atom stereocenters. The van der Waals surface area contributed by atoms with E-state index in [1.54, 1.807) is 30.3 Å². The molecule has 0 bridgehead atoms. The summed E-state index contributed by atoms with van der Waals surface area (Å²) in [5.74, 6) is 0. The van der Waals surface area contributed by atoms with Crippen LogP contribution in [0.15, 0.2) is 204 Å². The number of anilines is 3. The van der Waals surface area contributed by atoms with Crippen molar-refractivity contribution >= 4 is 60.5 Å². The highest BCUT2D eigenvalue weighted by Crippen LogP contribution is 2.45. The zero-order valence-corrected chi connectivity index (χ0v) is 26.9. The van der Waals surface area contributed by atoms with Crippen LogP contribution >= 0.6 is 0 Å². The summed E-state index contributed by atoms with van der Waals surface area (Å²) in [6, 6.07) is 6.52. The van der Waals surface area contributed by atoms with Crippen molar-refractivity contribution in [2.75, 3.05) is 4.90 Å². The molecule has 0 saturated heterocycles. The molecule has 0 radical (unpaired) electrons. The monoisotopic (exact) mass is 683 g/mol. The Hall–Kier alpha value is -6.90. The summed E-state index contributed by atoms with van der Waals surface area (Å²) in [5.41, 5.74) is -2.31. The van der Waals surface area contributed by atoms with Crippen molar-refractivity contribution in [3.8, 4) is 33.4 Å². The van der Waals surface area contributed by atoms with Crippen LogP contribution in [-0.2, 0) is 0 Å². The van der Waals surface area contributed by atoms with Crippen LogP contribution in [0.2, 0.25) is 0 Å². The van der Waals surface area contributed by atoms with Crippen LogP contribution in [-0.4, -0.2) is 0 Å². The quantitative estimate of drug-likeness (QED) is 0.173. The van der Waals surface area contributed by atoms with Crippen LogP contribution in [0.4, 0.5) is 17.1 Å². The van der Waals surface area contributed by atoms with Gasteiger partial charge in [0.25, 0.3) is 0 Å². The third-order valence-electron chi connectivity index (χ3n) is 8.81. The van der Waals surface area contributed by atoms with Crippen molar-refractivity contribution in [3.05, 3.63) is 200 Å². The van der Waals surface area contributed by atoms with Gasteiger partial charge in [-0.1, -0.05) is 163 Å². The molecule has 0 atom stereocenters. The van der Waals surface area contributed by atoms with E-state index in [1.807, 2.05) is 42.5 Å². The minimum absolute atomic E-state index is 0.0343. The van der Waals surface area contributed by atoms with Gasteiger partial charge in [-0.25, -0.2) is 0 Å². The van der Waals surface area contributed by atoms with Crippen LogP contribution in [0.5, 0.6) is 0 Å². The van der Waals surface area contributed by atoms with Gasteiger partial charge in [-0.15, -0.1) is 0 Å². The molecule has 9 aromatic carbocycles. The first-order chi connectivity index (χ1) is 34.1. The minimum atomic E-state index is -0.912. The first-order valence-corrected chi connectivity index (χ1v) is 16.1. The average molecular weight is 684 g/mol. The Kier molecular flexibility index (Phi) is 3.83. The van der Waals surface area contributed by atoms with E-state index in [9.17, 15) is 11.0 Å². The zero-order chi connectivity index (χ0) is 51.8. The normalized spacial score (nSPS) is 16.8. The lowest BCUT2D eigenvalue weighted by atomic mass is 9.97. The van der Waals surface area contributed by atoms with Gasteiger partial charge in [0.05, 0.1) is 33.1 Å². The van der Waals surface area contributed by atoms with Gasteiger partial charge >= 0.3 is 0 Å². The maximum Gasteiger partial charge on any atom is 0.143 e. The van der Waals surface area contributed by atoms with Crippen LogP contribution in [0, 0.1) is 0 Å². The van der Waals surface area contributed by atoms with Crippen molar-refractivity contribution in [1.82, 2.24) is 0 Å². The summed E-state index contributed by atoms with van der Waals surface area (Å²) < 4.78 is 186. The molecule has 0 saturated carbocycles. The van der Waals surface area contributed by atoms with E-state index < -0.39 is 165 Å². The molecule has 10 rings (SSSR count). The van der Waals surface area contributed by atoms with Gasteiger partial charge in [-0.2, -0.15) is 0 Å². The van der Waals surface area contributed by atoms with Crippen molar-refractivity contribution < 1.29 is 31.8 Å². The van der Waals surface area contributed by atoms with E-state index >= 15 is 0 Å². The third kappa shape index (κ3) is 5.04. The van der Waals surface area contributed by atoms with E-state index in [0.29, 0.717) is 22.1 Å². The number of nitrogens with zero attached hydrogens (tertiary/aromatic N) is 1. The highest BCUT2D eigenvalue weighted by atomic mass is 16.3. The molecule has 0 aliphatic heterocycles. The standard InChI is InChI=1S/C50H33NO/c1-2-12-34(13-3-1)35-24-29-39(30-25-35)51(40-31-26-38(27-32-40)42-20-10-16-36-14-4-6-17-41(36)42)48-23-9-8-19-44(48)45-21-11-22-46-47-33-28-37-15-5-7-18-43(37)49(47)52-50(45)46/h1-33H/i1D,2D,3D,4D,6D,10D,12D,13D,14D,16D,17D,20D,24D,25D,26D,27D,29D,30D,31D,32D. The highest BCUT2D eigenvalue weighted by Gasteiger charge is 2.21. The predicted octanol–water partition coefficient (Wildman–Crippen LogP) is 14.4. The van der Waals surface area contributed by atoms with Gasteiger partial charge in [0.15, 0.2) is 0 Å². The van der Waals surface area contributed by atoms with Gasteiger partial charge in [0.2, 0.25) is 0 Å². The van der Waals surface area contributed by atoms with Gasteiger partial charge in [-0.05, 0) is 74.7 Å². The lowest BCUT2D eigenvalue weighted by Crippen LogP contribution is -2.11. The van der Waals surface area contributed by atoms with Gasteiger partial charge in [0.1, 0.15) is 11.2 Å². The van der Waals surface area contributed by atoms with Crippen molar-refractivity contribution in [2.24, 2.45) is 0 Å². The molecular formula is C50H33NO. The van der Waals surface area contributed by atoms with E-state index in [0.717, 1.165) is 21.1 Å². The molecule has 0 spiro atoms. The molecule has 0 fully saturated rings. The number of furan rings is 1. The molecule has 2 nitrogen and oxygen atoms in total. The lowest BCUT2D eigenvalue weighted by Gasteiger charge is -2.28. The summed E-state index contributed by atoms with van der Waals surface area (Å²) in [7, 11) is 0. The lowest BCUT2D eigenvalue weighted by molar-refractivity contribution is 0.674. The smallest absolute Gasteiger partial charge is 0.143 e. The van der Waals surface area contributed by atoms with E-state index in [4.69, 9.17) is 20.9 Å². The van der Waals surface area contributed by atoms with E-state index in [2.05, 4.69) is 0 Å². The average Bonchev–Trinajstić information content (AvgIpc) is 3.77. The summed E-state index contributed by atoms with van der Waals surface area (Å²) >= 11 is 0. The molecule has 0 N–H and O–H groups in total. The second-order valence-corrected chi connectivity index (χ2v) is 11.7. The van der Waals surface area contributed by atoms with Crippen molar-refractivity contribution in [2.45, 2.75) is 0 Å². The molecule has 0 aliphatic carbocycles. The fraction of sp³-hybridized carbons (Fsp3) is 0. The number of fused-ring (bicyclic) bond motifs is 6. The SMILES string of the molecule is [2H]c1c([2H])c([2H])c(-c2c([2H])c([2H])c(N(c3ccccc3-c3cccc4c3oc3c5ccccc5ccc43)c3c([2H])c([2H])c(-c4c([2H])c([2H])c([2H])c5c([2H])c([2H])c([2H])c([2H])c45)c([2H])c3[2H])c([2H])c2[2H])c([2H])c1[2H]. The number of hydrogen-bond acceptors (Lipinski definition) is 2. The fourth-order valence-electron chi connectivity index (χ4n) is 6.45. The van der Waals surface area contributed by atoms with Gasteiger partial charge in [-0.3, -0.25) is 0 Å². The van der Waals surface area contributed by atoms with Crippen molar-refractivity contribution in [1.29, 1.82) is 0 Å². The van der Waals surface area contributed by atoms with Crippen LogP contribution in [0.25, 0.3) is 76.9 Å². The number of para-hydroxylation sites is 2. The third-order valence-corrected chi connectivity index (χ3v) is 8.81. The Morgan fingerprint density at radius 3 is 1.85 bits per heavy atom.